The zero-order valence-corrected chi connectivity index (χ0v) is 24.5. The summed E-state index contributed by atoms with van der Waals surface area (Å²) in [4.78, 5) is 14.9. The zero-order chi connectivity index (χ0) is 29.9. The molecule has 0 aliphatic carbocycles. The number of aromatic nitrogens is 2. The molecule has 0 saturated heterocycles. The number of allylic oxidation sites excluding steroid dienone is 1. The van der Waals surface area contributed by atoms with E-state index in [1.807, 2.05) is 79.7 Å². The van der Waals surface area contributed by atoms with Crippen LogP contribution in [0.15, 0.2) is 85.0 Å². The van der Waals surface area contributed by atoms with Gasteiger partial charge in [-0.05, 0) is 66.1 Å². The molecule has 0 spiro atoms. The van der Waals surface area contributed by atoms with Gasteiger partial charge in [-0.25, -0.2) is 0 Å². The highest BCUT2D eigenvalue weighted by Gasteiger charge is 2.15. The number of rotatable bonds is 13. The maximum absolute atomic E-state index is 12.8. The molecule has 1 N–H and O–H groups in total. The SMILES string of the molecule is C=CCc1ccccc1OCCOc1ccc(/C=C(\C#N)C(=O)Nc2nnc(-c3ccc(N(C)C)cc3)s2)cc1OC. The third kappa shape index (κ3) is 7.74. The predicted molar refractivity (Wildman–Crippen MR) is 166 cm³/mol. The average Bonchev–Trinajstić information content (AvgIpc) is 3.47. The molecule has 0 atom stereocenters. The normalized spacial score (nSPS) is 10.9. The molecule has 0 aliphatic rings. The van der Waals surface area contributed by atoms with Crippen molar-refractivity contribution in [1.82, 2.24) is 10.2 Å². The van der Waals surface area contributed by atoms with E-state index in [1.54, 1.807) is 18.2 Å². The smallest absolute Gasteiger partial charge is 0.268 e. The van der Waals surface area contributed by atoms with Crippen molar-refractivity contribution in [3.05, 3.63) is 96.1 Å². The number of amides is 1. The van der Waals surface area contributed by atoms with Crippen LogP contribution < -0.4 is 24.4 Å². The largest absolute Gasteiger partial charge is 0.493 e. The molecule has 9 nitrogen and oxygen atoms in total. The van der Waals surface area contributed by atoms with Crippen LogP contribution in [0.5, 0.6) is 17.2 Å². The number of ether oxygens (including phenoxy) is 3. The molecule has 0 aliphatic heterocycles. The van der Waals surface area contributed by atoms with Crippen LogP contribution in [0.3, 0.4) is 0 Å². The van der Waals surface area contributed by atoms with Crippen molar-refractivity contribution in [1.29, 1.82) is 5.26 Å². The lowest BCUT2D eigenvalue weighted by Gasteiger charge is -2.13. The van der Waals surface area contributed by atoms with E-state index in [9.17, 15) is 10.1 Å². The highest BCUT2D eigenvalue weighted by atomic mass is 32.1. The third-order valence-electron chi connectivity index (χ3n) is 6.08. The number of carbonyl (C=O) groups is 1. The van der Waals surface area contributed by atoms with E-state index in [2.05, 4.69) is 22.1 Å². The minimum atomic E-state index is -0.587. The number of nitrogens with one attached hydrogen (secondary N) is 1. The van der Waals surface area contributed by atoms with Crippen molar-refractivity contribution >= 4 is 34.1 Å². The molecule has 0 radical (unpaired) electrons. The van der Waals surface area contributed by atoms with E-state index in [0.29, 0.717) is 40.4 Å². The number of para-hydroxylation sites is 1. The van der Waals surface area contributed by atoms with E-state index in [-0.39, 0.29) is 5.57 Å². The van der Waals surface area contributed by atoms with E-state index in [1.165, 1.54) is 24.5 Å². The van der Waals surface area contributed by atoms with Gasteiger partial charge in [-0.15, -0.1) is 16.8 Å². The second-order valence-electron chi connectivity index (χ2n) is 9.19. The van der Waals surface area contributed by atoms with Crippen molar-refractivity contribution < 1.29 is 19.0 Å². The van der Waals surface area contributed by atoms with Crippen molar-refractivity contribution in [3.63, 3.8) is 0 Å². The monoisotopic (exact) mass is 581 g/mol. The Labute approximate surface area is 249 Å². The lowest BCUT2D eigenvalue weighted by atomic mass is 10.1. The number of nitriles is 1. The Morgan fingerprint density at radius 1 is 1.02 bits per heavy atom. The minimum absolute atomic E-state index is 0.0932. The van der Waals surface area contributed by atoms with Crippen LogP contribution in [0, 0.1) is 11.3 Å². The van der Waals surface area contributed by atoms with Gasteiger partial charge in [-0.2, -0.15) is 5.26 Å². The summed E-state index contributed by atoms with van der Waals surface area (Å²) in [6.07, 6.45) is 4.03. The summed E-state index contributed by atoms with van der Waals surface area (Å²) in [6.45, 7) is 4.42. The van der Waals surface area contributed by atoms with Crippen LogP contribution >= 0.6 is 11.3 Å². The Hall–Kier alpha value is -5.14. The van der Waals surface area contributed by atoms with Crippen LogP contribution in [-0.4, -0.2) is 50.5 Å². The molecule has 0 unspecified atom stereocenters. The van der Waals surface area contributed by atoms with Crippen LogP contribution in [-0.2, 0) is 11.2 Å². The van der Waals surface area contributed by atoms with Crippen LogP contribution in [0.1, 0.15) is 11.1 Å². The number of carbonyl (C=O) groups excluding carboxylic acids is 1. The fourth-order valence-corrected chi connectivity index (χ4v) is 4.68. The number of nitrogens with zero attached hydrogens (tertiary/aromatic N) is 4. The van der Waals surface area contributed by atoms with Gasteiger partial charge in [0.25, 0.3) is 5.91 Å². The van der Waals surface area contributed by atoms with Gasteiger partial charge in [0, 0.05) is 25.3 Å². The first-order valence-corrected chi connectivity index (χ1v) is 13.9. The Balaban J connectivity index is 1.37. The van der Waals surface area contributed by atoms with Crippen molar-refractivity contribution in [2.45, 2.75) is 6.42 Å². The second-order valence-corrected chi connectivity index (χ2v) is 10.2. The maximum Gasteiger partial charge on any atom is 0.268 e. The molecule has 1 aromatic heterocycles. The topological polar surface area (TPSA) is 110 Å². The summed E-state index contributed by atoms with van der Waals surface area (Å²) in [6, 6.07) is 22.8. The summed E-state index contributed by atoms with van der Waals surface area (Å²) in [5.74, 6) is 1.18. The molecule has 42 heavy (non-hydrogen) atoms. The Morgan fingerprint density at radius 2 is 1.76 bits per heavy atom. The molecular formula is C32H31N5O4S. The van der Waals surface area contributed by atoms with Crippen LogP contribution in [0.4, 0.5) is 10.8 Å². The molecule has 4 aromatic rings. The maximum atomic E-state index is 12.8. The van der Waals surface area contributed by atoms with Gasteiger partial charge in [0.1, 0.15) is 35.6 Å². The van der Waals surface area contributed by atoms with Crippen molar-refractivity contribution in [2.75, 3.05) is 44.6 Å². The summed E-state index contributed by atoms with van der Waals surface area (Å²) in [5, 5.41) is 21.5. The summed E-state index contributed by atoms with van der Waals surface area (Å²) >= 11 is 1.23. The van der Waals surface area contributed by atoms with Gasteiger partial charge < -0.3 is 19.1 Å². The summed E-state index contributed by atoms with van der Waals surface area (Å²) < 4.78 is 17.2. The van der Waals surface area contributed by atoms with E-state index in [4.69, 9.17) is 14.2 Å². The van der Waals surface area contributed by atoms with Crippen LogP contribution in [0.2, 0.25) is 0 Å². The summed E-state index contributed by atoms with van der Waals surface area (Å²) in [7, 11) is 5.46. The number of anilines is 2. The van der Waals surface area contributed by atoms with Crippen molar-refractivity contribution in [2.24, 2.45) is 0 Å². The lowest BCUT2D eigenvalue weighted by molar-refractivity contribution is -0.112. The molecular weight excluding hydrogens is 550 g/mol. The number of hydrogen-bond donors (Lipinski definition) is 1. The van der Waals surface area contributed by atoms with E-state index in [0.717, 1.165) is 29.0 Å². The molecule has 0 fully saturated rings. The first-order valence-electron chi connectivity index (χ1n) is 13.1. The second kappa shape index (κ2) is 14.5. The van der Waals surface area contributed by atoms with Gasteiger partial charge in [0.05, 0.1) is 7.11 Å². The molecule has 4 rings (SSSR count). The molecule has 1 amide bonds. The number of methoxy groups -OCH3 is 1. The first kappa shape index (κ1) is 29.8. The Bertz CT molecular complexity index is 1610. The van der Waals surface area contributed by atoms with Crippen molar-refractivity contribution in [3.8, 4) is 33.9 Å². The predicted octanol–water partition coefficient (Wildman–Crippen LogP) is 6.01. The lowest BCUT2D eigenvalue weighted by Crippen LogP contribution is -2.13. The molecule has 3 aromatic carbocycles. The minimum Gasteiger partial charge on any atom is -0.493 e. The standard InChI is InChI=1S/C32H31N5O4S/c1-5-8-23-9-6-7-10-27(23)40-17-18-41-28-16-11-22(20-29(28)39-4)19-25(21-33)30(38)34-32-36-35-31(42-32)24-12-14-26(15-13-24)37(2)3/h5-7,9-16,19-20H,1,8,17-18H2,2-4H3,(H,34,36,38)/b25-19+. The average molecular weight is 582 g/mol. The van der Waals surface area contributed by atoms with Gasteiger partial charge in [0.2, 0.25) is 5.13 Å². The van der Waals surface area contributed by atoms with Crippen LogP contribution in [0.25, 0.3) is 16.6 Å². The Morgan fingerprint density at radius 3 is 2.45 bits per heavy atom. The summed E-state index contributed by atoms with van der Waals surface area (Å²) in [5.41, 5.74) is 3.50. The van der Waals surface area contributed by atoms with Gasteiger partial charge in [-0.3, -0.25) is 10.1 Å². The number of benzene rings is 3. The fraction of sp³-hybridized carbons (Fsp3) is 0.188. The van der Waals surface area contributed by atoms with Gasteiger partial charge in [-0.1, -0.05) is 41.7 Å². The molecule has 0 saturated carbocycles. The first-order chi connectivity index (χ1) is 20.4. The highest BCUT2D eigenvalue weighted by Crippen LogP contribution is 2.30. The van der Waals surface area contributed by atoms with E-state index < -0.39 is 5.91 Å². The van der Waals surface area contributed by atoms with Gasteiger partial charge in [0.15, 0.2) is 11.5 Å². The fourth-order valence-electron chi connectivity index (χ4n) is 3.94. The molecule has 214 valence electrons. The molecule has 1 heterocycles. The molecule has 0 bridgehead atoms. The Kier molecular flexibility index (Phi) is 10.3. The quantitative estimate of drug-likeness (QED) is 0.0885. The number of hydrogen-bond acceptors (Lipinski definition) is 9. The highest BCUT2D eigenvalue weighted by molar-refractivity contribution is 7.18. The van der Waals surface area contributed by atoms with Gasteiger partial charge >= 0.3 is 0 Å². The van der Waals surface area contributed by atoms with E-state index >= 15 is 0 Å². The third-order valence-corrected chi connectivity index (χ3v) is 6.96. The zero-order valence-electron chi connectivity index (χ0n) is 23.7. The molecule has 10 heteroatoms.